The first-order chi connectivity index (χ1) is 8.97. The summed E-state index contributed by atoms with van der Waals surface area (Å²) in [5, 5.41) is 4.10. The van der Waals surface area contributed by atoms with Crippen LogP contribution in [0.25, 0.3) is 21.7 Å². The van der Waals surface area contributed by atoms with Crippen LogP contribution in [0.4, 0.5) is 0 Å². The molecule has 0 unspecified atom stereocenters. The average Bonchev–Trinajstić information content (AvgIpc) is 2.37. The van der Waals surface area contributed by atoms with E-state index in [1.54, 1.807) is 3.58 Å². The Kier molecular flexibility index (Phi) is 3.05. The van der Waals surface area contributed by atoms with Crippen molar-refractivity contribution >= 4 is 43.6 Å². The number of hydrogen-bond donors (Lipinski definition) is 0. The topological polar surface area (TPSA) is 3.88 Å². The SMILES string of the molecule is C[n+]1cc2cc[c]([Sn]([CH3])([CH3])[CH3])cc2c2ccccc21. The summed E-state index contributed by atoms with van der Waals surface area (Å²) >= 11 is -2.00. The molecule has 19 heavy (non-hydrogen) atoms. The van der Waals surface area contributed by atoms with Gasteiger partial charge in [0.15, 0.2) is 0 Å². The second-order valence-electron chi connectivity index (χ2n) is 6.31. The molecule has 2 aromatic carbocycles. The Morgan fingerprint density at radius 3 is 2.37 bits per heavy atom. The summed E-state index contributed by atoms with van der Waals surface area (Å²) in [6.45, 7) is 0. The first kappa shape index (κ1) is 12.9. The quantitative estimate of drug-likeness (QED) is 0.357. The molecule has 3 aromatic rings. The third-order valence-corrected chi connectivity index (χ3v) is 9.66. The van der Waals surface area contributed by atoms with Crippen molar-refractivity contribution in [2.45, 2.75) is 14.8 Å². The molecule has 1 nitrogen and oxygen atoms in total. The number of hydrogen-bond acceptors (Lipinski definition) is 0. The zero-order chi connectivity index (χ0) is 13.6. The van der Waals surface area contributed by atoms with Crippen molar-refractivity contribution in [1.82, 2.24) is 0 Å². The Morgan fingerprint density at radius 1 is 0.895 bits per heavy atom. The summed E-state index contributed by atoms with van der Waals surface area (Å²) in [4.78, 5) is 7.42. The maximum absolute atomic E-state index is 2.47. The van der Waals surface area contributed by atoms with Crippen molar-refractivity contribution in [1.29, 1.82) is 0 Å². The molecule has 0 aliphatic carbocycles. The van der Waals surface area contributed by atoms with Crippen molar-refractivity contribution in [3.63, 3.8) is 0 Å². The fourth-order valence-electron chi connectivity index (χ4n) is 2.66. The number of para-hydroxylation sites is 1. The number of pyridine rings is 1. The van der Waals surface area contributed by atoms with Gasteiger partial charge in [0.2, 0.25) is 0 Å². The van der Waals surface area contributed by atoms with Crippen LogP contribution >= 0.6 is 0 Å². The Morgan fingerprint density at radius 2 is 1.63 bits per heavy atom. The van der Waals surface area contributed by atoms with E-state index in [1.807, 2.05) is 0 Å². The molecule has 0 aliphatic heterocycles. The zero-order valence-electron chi connectivity index (χ0n) is 12.1. The van der Waals surface area contributed by atoms with E-state index in [0.29, 0.717) is 0 Å². The molecule has 2 heteroatoms. The molecule has 0 bridgehead atoms. The molecule has 0 saturated carbocycles. The van der Waals surface area contributed by atoms with Gasteiger partial charge in [0.1, 0.15) is 0 Å². The fraction of sp³-hybridized carbons (Fsp3) is 0.235. The van der Waals surface area contributed by atoms with Crippen LogP contribution in [0.5, 0.6) is 0 Å². The van der Waals surface area contributed by atoms with Crippen LogP contribution < -0.4 is 8.15 Å². The number of benzene rings is 2. The molecular weight excluding hydrogens is 337 g/mol. The van der Waals surface area contributed by atoms with Crippen molar-refractivity contribution in [2.24, 2.45) is 7.05 Å². The number of nitrogens with zero attached hydrogens (tertiary/aromatic N) is 1. The van der Waals surface area contributed by atoms with Gasteiger partial charge >= 0.3 is 119 Å². The van der Waals surface area contributed by atoms with E-state index in [1.165, 1.54) is 21.7 Å². The molecule has 0 spiro atoms. The van der Waals surface area contributed by atoms with Gasteiger partial charge in [0.05, 0.1) is 0 Å². The number of fused-ring (bicyclic) bond motifs is 3. The molecule has 3 rings (SSSR count). The monoisotopic (exact) mass is 358 g/mol. The van der Waals surface area contributed by atoms with Gasteiger partial charge in [-0.05, 0) is 0 Å². The molecule has 0 atom stereocenters. The van der Waals surface area contributed by atoms with Crippen LogP contribution in [0.3, 0.4) is 0 Å². The van der Waals surface area contributed by atoms with Crippen molar-refractivity contribution < 1.29 is 4.57 Å². The van der Waals surface area contributed by atoms with Gasteiger partial charge in [-0.15, -0.1) is 0 Å². The maximum atomic E-state index is 2.47. The summed E-state index contributed by atoms with van der Waals surface area (Å²) in [5.41, 5.74) is 1.30. The zero-order valence-corrected chi connectivity index (χ0v) is 14.9. The summed E-state index contributed by atoms with van der Waals surface area (Å²) in [6.07, 6.45) is 2.24. The molecule has 0 radical (unpaired) electrons. The molecule has 1 aromatic heterocycles. The van der Waals surface area contributed by atoms with Gasteiger partial charge in [-0.25, -0.2) is 0 Å². The fourth-order valence-corrected chi connectivity index (χ4v) is 5.97. The van der Waals surface area contributed by atoms with Crippen molar-refractivity contribution in [3.8, 4) is 0 Å². The second-order valence-corrected chi connectivity index (χ2v) is 20.8. The van der Waals surface area contributed by atoms with Gasteiger partial charge in [0, 0.05) is 0 Å². The first-order valence-electron chi connectivity index (χ1n) is 6.78. The summed E-state index contributed by atoms with van der Waals surface area (Å²) in [7, 11) is 2.12. The number of aryl methyl sites for hydroxylation is 1. The average molecular weight is 357 g/mol. The molecule has 96 valence electrons. The Bertz CT molecular complexity index is 769. The number of aromatic nitrogens is 1. The summed E-state index contributed by atoms with van der Waals surface area (Å²) < 4.78 is 3.82. The first-order valence-corrected chi connectivity index (χ1v) is 16.8. The standard InChI is InChI=1S/C14H11N.3CH3.Sn/c1-15-10-11-6-2-3-7-12(11)13-8-4-5-9-14(13)15;;;;/h2,4-10H,1H3;3*1H3;/q+1;;;;. The van der Waals surface area contributed by atoms with E-state index in [2.05, 4.69) is 75.1 Å². The van der Waals surface area contributed by atoms with Gasteiger partial charge in [-0.2, -0.15) is 0 Å². The van der Waals surface area contributed by atoms with Gasteiger partial charge in [0.25, 0.3) is 0 Å². The second kappa shape index (κ2) is 4.48. The van der Waals surface area contributed by atoms with E-state index in [-0.39, 0.29) is 0 Å². The number of rotatable bonds is 1. The van der Waals surface area contributed by atoms with Crippen molar-refractivity contribution in [2.75, 3.05) is 0 Å². The molecule has 0 N–H and O–H groups in total. The Labute approximate surface area is 118 Å². The Balaban J connectivity index is 2.44. The van der Waals surface area contributed by atoms with Crippen LogP contribution in [-0.4, -0.2) is 18.4 Å². The van der Waals surface area contributed by atoms with E-state index < -0.39 is 18.4 Å². The van der Waals surface area contributed by atoms with E-state index in [4.69, 9.17) is 0 Å². The van der Waals surface area contributed by atoms with Crippen LogP contribution in [0.15, 0.2) is 48.7 Å². The third-order valence-electron chi connectivity index (χ3n) is 3.83. The van der Waals surface area contributed by atoms with E-state index >= 15 is 0 Å². The molecule has 0 saturated heterocycles. The minimum atomic E-state index is -2.00. The van der Waals surface area contributed by atoms with Crippen LogP contribution in [0, 0.1) is 0 Å². The summed E-state index contributed by atoms with van der Waals surface area (Å²) in [6, 6.07) is 15.7. The molecule has 0 amide bonds. The molecule has 1 heterocycles. The third kappa shape index (κ3) is 2.25. The van der Waals surface area contributed by atoms with Crippen LogP contribution in [-0.2, 0) is 7.05 Å². The molecule has 0 aliphatic rings. The molecule has 0 fully saturated rings. The van der Waals surface area contributed by atoms with Gasteiger partial charge in [-0.3, -0.25) is 0 Å². The normalized spacial score (nSPS) is 12.2. The van der Waals surface area contributed by atoms with Gasteiger partial charge in [-0.1, -0.05) is 0 Å². The van der Waals surface area contributed by atoms with E-state index in [0.717, 1.165) is 0 Å². The predicted molar refractivity (Wildman–Crippen MR) is 85.6 cm³/mol. The van der Waals surface area contributed by atoms with Crippen LogP contribution in [0.1, 0.15) is 0 Å². The summed E-state index contributed by atoms with van der Waals surface area (Å²) in [5.74, 6) is 0. The predicted octanol–water partition coefficient (Wildman–Crippen LogP) is 3.36. The van der Waals surface area contributed by atoms with Crippen molar-refractivity contribution in [3.05, 3.63) is 48.7 Å². The van der Waals surface area contributed by atoms with Gasteiger partial charge < -0.3 is 0 Å². The minimum absolute atomic E-state index is 1.30. The Hall–Kier alpha value is -1.09. The van der Waals surface area contributed by atoms with E-state index in [9.17, 15) is 0 Å². The molecular formula is C17H20NSn+. The van der Waals surface area contributed by atoms with Crippen LogP contribution in [0.2, 0.25) is 14.8 Å².